The molecule has 0 radical (unpaired) electrons. The second-order valence-electron chi connectivity index (χ2n) is 4.30. The van der Waals surface area contributed by atoms with Gasteiger partial charge in [-0.3, -0.25) is 4.79 Å². The summed E-state index contributed by atoms with van der Waals surface area (Å²) < 4.78 is 0. The van der Waals surface area contributed by atoms with Crippen molar-refractivity contribution in [2.45, 2.75) is 6.92 Å². The van der Waals surface area contributed by atoms with Crippen LogP contribution in [0, 0.1) is 0 Å². The van der Waals surface area contributed by atoms with Gasteiger partial charge in [0, 0.05) is 37.4 Å². The number of ketones is 1. The molecule has 1 aliphatic rings. The number of nitrogens with zero attached hydrogens (tertiary/aromatic N) is 1. The third-order valence-corrected chi connectivity index (χ3v) is 3.31. The summed E-state index contributed by atoms with van der Waals surface area (Å²) in [5.41, 5.74) is 1.64. The molecule has 1 fully saturated rings. The predicted octanol–water partition coefficient (Wildman–Crippen LogP) is 1.49. The lowest BCUT2D eigenvalue weighted by Crippen LogP contribution is -2.47. The number of nitrogens with one attached hydrogen (secondary N) is 2. The monoisotopic (exact) mass is 263 g/mol. The van der Waals surface area contributed by atoms with Crippen LogP contribution in [0.5, 0.6) is 0 Å². The number of piperazine rings is 1. The minimum absolute atomic E-state index is 0.0752. The van der Waals surface area contributed by atoms with Crippen LogP contribution >= 0.6 is 12.2 Å². The Morgan fingerprint density at radius 2 is 1.89 bits per heavy atom. The molecule has 1 aromatic carbocycles. The van der Waals surface area contributed by atoms with Crippen LogP contribution < -0.4 is 10.6 Å². The van der Waals surface area contributed by atoms with Gasteiger partial charge in [0.1, 0.15) is 0 Å². The molecule has 0 saturated carbocycles. The molecule has 0 aliphatic carbocycles. The number of hydrogen-bond acceptors (Lipinski definition) is 3. The van der Waals surface area contributed by atoms with E-state index in [1.807, 2.05) is 24.3 Å². The molecule has 1 aromatic rings. The number of Topliss-reactive ketones (excluding diaryl/α,β-unsaturated/α-hetero) is 1. The Labute approximate surface area is 112 Å². The zero-order chi connectivity index (χ0) is 13.0. The van der Waals surface area contributed by atoms with Gasteiger partial charge in [0.25, 0.3) is 0 Å². The fourth-order valence-electron chi connectivity index (χ4n) is 1.86. The fraction of sp³-hybridized carbons (Fsp3) is 0.385. The first-order chi connectivity index (χ1) is 8.66. The van der Waals surface area contributed by atoms with Crippen molar-refractivity contribution < 1.29 is 4.79 Å². The van der Waals surface area contributed by atoms with Crippen LogP contribution in [0.4, 0.5) is 5.69 Å². The summed E-state index contributed by atoms with van der Waals surface area (Å²) in [6.45, 7) is 5.35. The number of carbonyl (C=O) groups is 1. The average Bonchev–Trinajstić information content (AvgIpc) is 2.40. The van der Waals surface area contributed by atoms with E-state index in [2.05, 4.69) is 15.5 Å². The standard InChI is InChI=1S/C13H17N3OS/c1-10(17)11-2-4-12(5-3-11)15-13(18)16-8-6-14-7-9-16/h2-5,14H,6-9H2,1H3,(H,15,18). The Kier molecular flexibility index (Phi) is 4.28. The van der Waals surface area contributed by atoms with E-state index in [9.17, 15) is 4.79 Å². The van der Waals surface area contributed by atoms with Gasteiger partial charge in [0.2, 0.25) is 0 Å². The van der Waals surface area contributed by atoms with Crippen LogP contribution in [0.3, 0.4) is 0 Å². The van der Waals surface area contributed by atoms with E-state index < -0.39 is 0 Å². The molecule has 5 heteroatoms. The molecule has 2 N–H and O–H groups in total. The van der Waals surface area contributed by atoms with Crippen molar-refractivity contribution in [2.24, 2.45) is 0 Å². The van der Waals surface area contributed by atoms with E-state index in [4.69, 9.17) is 12.2 Å². The third kappa shape index (κ3) is 3.27. The van der Waals surface area contributed by atoms with Crippen LogP contribution in [0.15, 0.2) is 24.3 Å². The van der Waals surface area contributed by atoms with Gasteiger partial charge in [-0.05, 0) is 43.4 Å². The van der Waals surface area contributed by atoms with Gasteiger partial charge in [-0.25, -0.2) is 0 Å². The second kappa shape index (κ2) is 5.93. The zero-order valence-corrected chi connectivity index (χ0v) is 11.2. The van der Waals surface area contributed by atoms with Gasteiger partial charge in [-0.1, -0.05) is 0 Å². The molecule has 0 amide bonds. The van der Waals surface area contributed by atoms with Crippen molar-refractivity contribution in [3.8, 4) is 0 Å². The molecule has 1 saturated heterocycles. The normalized spacial score (nSPS) is 15.3. The number of thiocarbonyl (C=S) groups is 1. The number of benzene rings is 1. The van der Waals surface area contributed by atoms with Crippen LogP contribution in [-0.4, -0.2) is 42.0 Å². The molecule has 0 spiro atoms. The minimum Gasteiger partial charge on any atom is -0.346 e. The van der Waals surface area contributed by atoms with E-state index in [-0.39, 0.29) is 5.78 Å². The number of rotatable bonds is 2. The highest BCUT2D eigenvalue weighted by molar-refractivity contribution is 7.80. The number of carbonyl (C=O) groups excluding carboxylic acids is 1. The lowest BCUT2D eigenvalue weighted by Gasteiger charge is -2.29. The summed E-state index contributed by atoms with van der Waals surface area (Å²) in [5, 5.41) is 7.23. The van der Waals surface area contributed by atoms with E-state index in [0.29, 0.717) is 5.56 Å². The highest BCUT2D eigenvalue weighted by Gasteiger charge is 2.12. The van der Waals surface area contributed by atoms with Gasteiger partial charge >= 0.3 is 0 Å². The largest absolute Gasteiger partial charge is 0.346 e. The van der Waals surface area contributed by atoms with Gasteiger partial charge in [0.05, 0.1) is 0 Å². The predicted molar refractivity (Wildman–Crippen MR) is 77.1 cm³/mol. The summed E-state index contributed by atoms with van der Waals surface area (Å²) in [5.74, 6) is 0.0752. The Morgan fingerprint density at radius 3 is 2.44 bits per heavy atom. The molecule has 1 aliphatic heterocycles. The molecule has 0 unspecified atom stereocenters. The highest BCUT2D eigenvalue weighted by Crippen LogP contribution is 2.11. The topological polar surface area (TPSA) is 44.4 Å². The summed E-state index contributed by atoms with van der Waals surface area (Å²) in [6.07, 6.45) is 0. The van der Waals surface area contributed by atoms with Crippen LogP contribution in [-0.2, 0) is 0 Å². The molecule has 1 heterocycles. The molecule has 0 aromatic heterocycles. The molecule has 2 rings (SSSR count). The molecule has 0 bridgehead atoms. The fourth-order valence-corrected chi connectivity index (χ4v) is 2.16. The van der Waals surface area contributed by atoms with Crippen LogP contribution in [0.25, 0.3) is 0 Å². The van der Waals surface area contributed by atoms with Crippen molar-refractivity contribution in [3.05, 3.63) is 29.8 Å². The quantitative estimate of drug-likeness (QED) is 0.625. The lowest BCUT2D eigenvalue weighted by molar-refractivity contribution is 0.101. The summed E-state index contributed by atoms with van der Waals surface area (Å²) in [6, 6.07) is 7.38. The minimum atomic E-state index is 0.0752. The SMILES string of the molecule is CC(=O)c1ccc(NC(=S)N2CCNCC2)cc1. The summed E-state index contributed by atoms with van der Waals surface area (Å²) in [4.78, 5) is 13.3. The Hall–Kier alpha value is -1.46. The molecule has 4 nitrogen and oxygen atoms in total. The van der Waals surface area contributed by atoms with Gasteiger partial charge in [-0.2, -0.15) is 0 Å². The van der Waals surface area contributed by atoms with Crippen molar-refractivity contribution in [3.63, 3.8) is 0 Å². The molecular weight excluding hydrogens is 246 g/mol. The van der Waals surface area contributed by atoms with Crippen molar-refractivity contribution in [1.82, 2.24) is 10.2 Å². The smallest absolute Gasteiger partial charge is 0.173 e. The maximum Gasteiger partial charge on any atom is 0.173 e. The maximum absolute atomic E-state index is 11.2. The van der Waals surface area contributed by atoms with Crippen molar-refractivity contribution in [1.29, 1.82) is 0 Å². The van der Waals surface area contributed by atoms with E-state index >= 15 is 0 Å². The van der Waals surface area contributed by atoms with Crippen molar-refractivity contribution >= 4 is 28.8 Å². The maximum atomic E-state index is 11.2. The average molecular weight is 263 g/mol. The third-order valence-electron chi connectivity index (χ3n) is 2.95. The Balaban J connectivity index is 1.96. The molecule has 18 heavy (non-hydrogen) atoms. The van der Waals surface area contributed by atoms with Crippen LogP contribution in [0.1, 0.15) is 17.3 Å². The Morgan fingerprint density at radius 1 is 1.28 bits per heavy atom. The van der Waals surface area contributed by atoms with Gasteiger partial charge in [-0.15, -0.1) is 0 Å². The highest BCUT2D eigenvalue weighted by atomic mass is 32.1. The second-order valence-corrected chi connectivity index (χ2v) is 4.69. The summed E-state index contributed by atoms with van der Waals surface area (Å²) >= 11 is 5.36. The number of hydrogen-bond donors (Lipinski definition) is 2. The first kappa shape index (κ1) is 13.0. The van der Waals surface area contributed by atoms with Crippen molar-refractivity contribution in [2.75, 3.05) is 31.5 Å². The Bertz CT molecular complexity index is 438. The lowest BCUT2D eigenvalue weighted by atomic mass is 10.1. The van der Waals surface area contributed by atoms with Gasteiger partial charge in [0.15, 0.2) is 10.9 Å². The molecular formula is C13H17N3OS. The van der Waals surface area contributed by atoms with E-state index in [0.717, 1.165) is 37.0 Å². The van der Waals surface area contributed by atoms with E-state index in [1.165, 1.54) is 0 Å². The molecule has 0 atom stereocenters. The number of anilines is 1. The summed E-state index contributed by atoms with van der Waals surface area (Å²) in [7, 11) is 0. The van der Waals surface area contributed by atoms with Crippen LogP contribution in [0.2, 0.25) is 0 Å². The first-order valence-corrected chi connectivity index (χ1v) is 6.45. The van der Waals surface area contributed by atoms with E-state index in [1.54, 1.807) is 6.92 Å². The molecule has 96 valence electrons. The first-order valence-electron chi connectivity index (χ1n) is 6.04. The van der Waals surface area contributed by atoms with Gasteiger partial charge < -0.3 is 15.5 Å². The zero-order valence-electron chi connectivity index (χ0n) is 10.4.